The Morgan fingerprint density at radius 1 is 1.06 bits per heavy atom. The topological polar surface area (TPSA) is 65.1 Å². The number of nitrogens with zero attached hydrogens (tertiary/aromatic N) is 3. The molecule has 0 spiro atoms. The molecular weight excluding hydrogens is 399 g/mol. The molecule has 3 fully saturated rings. The Kier molecular flexibility index (Phi) is 7.07. The number of likely N-dealkylation sites (tertiary alicyclic amines) is 1. The standard InChI is InChI=1S/C23H33FN4O3/c1-31-21-6-5-17(15-20(21)24)23(30)25-18-7-9-26(10-8-18)16-22(29)28-13-11-27(12-14-28)19-3-2-4-19/h5-6,15,18-19H,2-4,7-14,16H2,1H3,(H,25,30). The number of halogens is 1. The van der Waals surface area contributed by atoms with Gasteiger partial charge in [-0.2, -0.15) is 0 Å². The lowest BCUT2D eigenvalue weighted by Crippen LogP contribution is -2.55. The van der Waals surface area contributed by atoms with Gasteiger partial charge in [-0.3, -0.25) is 19.4 Å². The molecule has 2 amide bonds. The van der Waals surface area contributed by atoms with Gasteiger partial charge in [0.15, 0.2) is 11.6 Å². The molecule has 0 unspecified atom stereocenters. The third kappa shape index (κ3) is 5.36. The summed E-state index contributed by atoms with van der Waals surface area (Å²) in [4.78, 5) is 31.9. The van der Waals surface area contributed by atoms with Crippen LogP contribution >= 0.6 is 0 Å². The molecule has 3 aliphatic rings. The zero-order valence-corrected chi connectivity index (χ0v) is 18.3. The molecule has 1 aromatic carbocycles. The summed E-state index contributed by atoms with van der Waals surface area (Å²) in [6.45, 7) is 5.66. The summed E-state index contributed by atoms with van der Waals surface area (Å²) >= 11 is 0. The molecule has 7 nitrogen and oxygen atoms in total. The quantitative estimate of drug-likeness (QED) is 0.742. The second-order valence-electron chi connectivity index (χ2n) is 8.87. The van der Waals surface area contributed by atoms with Crippen molar-refractivity contribution in [2.75, 3.05) is 52.9 Å². The molecule has 1 aliphatic carbocycles. The van der Waals surface area contributed by atoms with Gasteiger partial charge in [-0.1, -0.05) is 6.42 Å². The largest absolute Gasteiger partial charge is 0.494 e. The van der Waals surface area contributed by atoms with E-state index in [4.69, 9.17) is 4.74 Å². The third-order valence-corrected chi connectivity index (χ3v) is 6.95. The number of piperidine rings is 1. The molecule has 170 valence electrons. The number of rotatable bonds is 6. The van der Waals surface area contributed by atoms with E-state index in [0.29, 0.717) is 6.54 Å². The number of nitrogens with one attached hydrogen (secondary N) is 1. The molecule has 1 N–H and O–H groups in total. The Labute approximate surface area is 183 Å². The van der Waals surface area contributed by atoms with Crippen molar-refractivity contribution in [1.29, 1.82) is 0 Å². The van der Waals surface area contributed by atoms with E-state index in [2.05, 4.69) is 15.1 Å². The molecule has 4 rings (SSSR count). The third-order valence-electron chi connectivity index (χ3n) is 6.95. The summed E-state index contributed by atoms with van der Waals surface area (Å²) in [6.07, 6.45) is 5.54. The van der Waals surface area contributed by atoms with E-state index < -0.39 is 5.82 Å². The Hall–Kier alpha value is -2.19. The van der Waals surface area contributed by atoms with Crippen LogP contribution in [0.3, 0.4) is 0 Å². The molecule has 0 aromatic heterocycles. The predicted octanol–water partition coefficient (Wildman–Crippen LogP) is 1.73. The maximum absolute atomic E-state index is 13.8. The average molecular weight is 433 g/mol. The number of hydrogen-bond acceptors (Lipinski definition) is 5. The van der Waals surface area contributed by atoms with Gasteiger partial charge in [0.25, 0.3) is 5.91 Å². The summed E-state index contributed by atoms with van der Waals surface area (Å²) in [7, 11) is 1.39. The highest BCUT2D eigenvalue weighted by molar-refractivity contribution is 5.94. The number of piperazine rings is 1. The predicted molar refractivity (Wildman–Crippen MR) is 116 cm³/mol. The van der Waals surface area contributed by atoms with Gasteiger partial charge in [-0.25, -0.2) is 4.39 Å². The number of hydrogen-bond donors (Lipinski definition) is 1. The van der Waals surface area contributed by atoms with Crippen molar-refractivity contribution < 1.29 is 18.7 Å². The molecule has 0 bridgehead atoms. The van der Waals surface area contributed by atoms with Crippen LogP contribution in [0.1, 0.15) is 42.5 Å². The fourth-order valence-corrected chi connectivity index (χ4v) is 4.69. The van der Waals surface area contributed by atoms with Crippen LogP contribution in [0.5, 0.6) is 5.75 Å². The number of carbonyl (C=O) groups excluding carboxylic acids is 2. The molecule has 1 saturated carbocycles. The van der Waals surface area contributed by atoms with Gasteiger partial charge in [0.2, 0.25) is 5.91 Å². The van der Waals surface area contributed by atoms with E-state index in [1.54, 1.807) is 6.07 Å². The first-order valence-electron chi connectivity index (χ1n) is 11.4. The first-order valence-corrected chi connectivity index (χ1v) is 11.4. The van der Waals surface area contributed by atoms with E-state index in [1.807, 2.05) is 4.90 Å². The first kappa shape index (κ1) is 22.0. The lowest BCUT2D eigenvalue weighted by Gasteiger charge is -2.43. The highest BCUT2D eigenvalue weighted by atomic mass is 19.1. The van der Waals surface area contributed by atoms with Crippen LogP contribution in [0.2, 0.25) is 0 Å². The van der Waals surface area contributed by atoms with E-state index in [-0.39, 0.29) is 29.2 Å². The minimum Gasteiger partial charge on any atom is -0.494 e. The van der Waals surface area contributed by atoms with Gasteiger partial charge < -0.3 is 15.0 Å². The van der Waals surface area contributed by atoms with E-state index in [9.17, 15) is 14.0 Å². The van der Waals surface area contributed by atoms with Crippen molar-refractivity contribution >= 4 is 11.8 Å². The number of ether oxygens (including phenoxy) is 1. The normalized spacial score (nSPS) is 21.5. The zero-order chi connectivity index (χ0) is 21.8. The summed E-state index contributed by atoms with van der Waals surface area (Å²) < 4.78 is 18.7. The van der Waals surface area contributed by atoms with Crippen LogP contribution in [-0.2, 0) is 4.79 Å². The Morgan fingerprint density at radius 2 is 1.77 bits per heavy atom. The molecular formula is C23H33FN4O3. The summed E-state index contributed by atoms with van der Waals surface area (Å²) in [5.41, 5.74) is 0.289. The van der Waals surface area contributed by atoms with Crippen LogP contribution in [0.25, 0.3) is 0 Å². The minimum absolute atomic E-state index is 0.0371. The van der Waals surface area contributed by atoms with Crippen molar-refractivity contribution in [3.8, 4) is 5.75 Å². The fourth-order valence-electron chi connectivity index (χ4n) is 4.69. The van der Waals surface area contributed by atoms with Crippen molar-refractivity contribution in [2.24, 2.45) is 0 Å². The van der Waals surface area contributed by atoms with Crippen LogP contribution in [-0.4, -0.2) is 91.5 Å². The van der Waals surface area contributed by atoms with Crippen LogP contribution in [0.15, 0.2) is 18.2 Å². The minimum atomic E-state index is -0.544. The molecule has 2 saturated heterocycles. The molecule has 8 heteroatoms. The van der Waals surface area contributed by atoms with Crippen LogP contribution < -0.4 is 10.1 Å². The fraction of sp³-hybridized carbons (Fsp3) is 0.652. The number of carbonyl (C=O) groups is 2. The maximum Gasteiger partial charge on any atom is 0.251 e. The van der Waals surface area contributed by atoms with Gasteiger partial charge in [-0.15, -0.1) is 0 Å². The highest BCUT2D eigenvalue weighted by Crippen LogP contribution is 2.25. The molecule has 0 atom stereocenters. The van der Waals surface area contributed by atoms with Gasteiger partial charge in [0.05, 0.1) is 13.7 Å². The second kappa shape index (κ2) is 9.96. The second-order valence-corrected chi connectivity index (χ2v) is 8.87. The van der Waals surface area contributed by atoms with Gasteiger partial charge in [0.1, 0.15) is 0 Å². The molecule has 2 aliphatic heterocycles. The van der Waals surface area contributed by atoms with Crippen molar-refractivity contribution in [3.05, 3.63) is 29.6 Å². The lowest BCUT2D eigenvalue weighted by atomic mass is 9.91. The van der Waals surface area contributed by atoms with Crippen LogP contribution in [0, 0.1) is 5.82 Å². The van der Waals surface area contributed by atoms with E-state index in [0.717, 1.165) is 58.2 Å². The van der Waals surface area contributed by atoms with Crippen molar-refractivity contribution in [2.45, 2.75) is 44.2 Å². The SMILES string of the molecule is COc1ccc(C(=O)NC2CCN(CC(=O)N3CCN(C4CCC4)CC3)CC2)cc1F. The molecule has 31 heavy (non-hydrogen) atoms. The highest BCUT2D eigenvalue weighted by Gasteiger charge is 2.30. The Bertz CT molecular complexity index is 785. The summed E-state index contributed by atoms with van der Waals surface area (Å²) in [5, 5.41) is 2.99. The number of amides is 2. The Balaban J connectivity index is 1.18. The average Bonchev–Trinajstić information content (AvgIpc) is 2.74. The Morgan fingerprint density at radius 3 is 2.35 bits per heavy atom. The van der Waals surface area contributed by atoms with Crippen molar-refractivity contribution in [1.82, 2.24) is 20.0 Å². The van der Waals surface area contributed by atoms with Gasteiger partial charge >= 0.3 is 0 Å². The molecule has 1 aromatic rings. The summed E-state index contributed by atoms with van der Waals surface area (Å²) in [5.74, 6) is -0.485. The maximum atomic E-state index is 13.8. The van der Waals surface area contributed by atoms with Crippen LogP contribution in [0.4, 0.5) is 4.39 Å². The smallest absolute Gasteiger partial charge is 0.251 e. The number of methoxy groups -OCH3 is 1. The first-order chi connectivity index (χ1) is 15.0. The summed E-state index contributed by atoms with van der Waals surface area (Å²) in [6, 6.07) is 5.02. The van der Waals surface area contributed by atoms with Gasteiger partial charge in [-0.05, 0) is 43.9 Å². The van der Waals surface area contributed by atoms with E-state index >= 15 is 0 Å². The van der Waals surface area contributed by atoms with Gasteiger partial charge in [0, 0.05) is 56.9 Å². The molecule has 2 heterocycles. The number of benzene rings is 1. The monoisotopic (exact) mass is 432 g/mol. The van der Waals surface area contributed by atoms with Crippen molar-refractivity contribution in [3.63, 3.8) is 0 Å². The lowest BCUT2D eigenvalue weighted by molar-refractivity contribution is -0.135. The van der Waals surface area contributed by atoms with E-state index in [1.165, 1.54) is 38.5 Å². The zero-order valence-electron chi connectivity index (χ0n) is 18.3. The molecule has 0 radical (unpaired) electrons.